The lowest BCUT2D eigenvalue weighted by atomic mass is 10.1. The smallest absolute Gasteiger partial charge is 0.220 e. The van der Waals surface area contributed by atoms with Crippen LogP contribution in [-0.2, 0) is 4.79 Å². The Kier molecular flexibility index (Phi) is 3.79. The fourth-order valence-electron chi connectivity index (χ4n) is 1.95. The molecular formula is C14H17NOS. The Morgan fingerprint density at radius 2 is 2.18 bits per heavy atom. The average molecular weight is 247 g/mol. The second kappa shape index (κ2) is 5.32. The molecule has 1 aromatic heterocycles. The fourth-order valence-corrected chi connectivity index (χ4v) is 3.01. The Bertz CT molecular complexity index is 518. The summed E-state index contributed by atoms with van der Waals surface area (Å²) in [7, 11) is 0. The Morgan fingerprint density at radius 1 is 1.41 bits per heavy atom. The highest BCUT2D eigenvalue weighted by molar-refractivity contribution is 7.17. The molecule has 0 saturated carbocycles. The average Bonchev–Trinajstić information content (AvgIpc) is 2.72. The molecule has 0 saturated heterocycles. The molecule has 0 fully saturated rings. The van der Waals surface area contributed by atoms with Crippen LogP contribution in [0.15, 0.2) is 29.6 Å². The van der Waals surface area contributed by atoms with Crippen LogP contribution in [0.2, 0.25) is 0 Å². The van der Waals surface area contributed by atoms with Gasteiger partial charge in [-0.25, -0.2) is 0 Å². The zero-order valence-electron chi connectivity index (χ0n) is 10.2. The molecular weight excluding hydrogens is 230 g/mol. The molecule has 17 heavy (non-hydrogen) atoms. The molecule has 0 aliphatic rings. The van der Waals surface area contributed by atoms with Gasteiger partial charge in [0.15, 0.2) is 0 Å². The summed E-state index contributed by atoms with van der Waals surface area (Å²) in [5.74, 6) is 0.135. The standard InChI is InChI=1S/C14H17NOS/c1-3-6-14(16)15-10(2)12-9-17-13-8-5-4-7-11(12)13/h4-5,7-10H,3,6H2,1-2H3,(H,15,16)/t10-/m1/s1. The molecule has 1 aromatic carbocycles. The molecule has 0 unspecified atom stereocenters. The van der Waals surface area contributed by atoms with Gasteiger partial charge in [-0.2, -0.15) is 0 Å². The lowest BCUT2D eigenvalue weighted by molar-refractivity contribution is -0.121. The maximum absolute atomic E-state index is 11.6. The number of nitrogens with one attached hydrogen (secondary N) is 1. The van der Waals surface area contributed by atoms with Crippen LogP contribution in [0.4, 0.5) is 0 Å². The van der Waals surface area contributed by atoms with E-state index in [1.165, 1.54) is 15.6 Å². The highest BCUT2D eigenvalue weighted by atomic mass is 32.1. The van der Waals surface area contributed by atoms with Crippen molar-refractivity contribution < 1.29 is 4.79 Å². The van der Waals surface area contributed by atoms with E-state index in [1.807, 2.05) is 26.0 Å². The zero-order chi connectivity index (χ0) is 12.3. The van der Waals surface area contributed by atoms with Crippen LogP contribution in [0, 0.1) is 0 Å². The normalized spacial score (nSPS) is 12.6. The van der Waals surface area contributed by atoms with Crippen molar-refractivity contribution in [2.45, 2.75) is 32.7 Å². The zero-order valence-corrected chi connectivity index (χ0v) is 11.0. The summed E-state index contributed by atoms with van der Waals surface area (Å²) in [6.07, 6.45) is 1.50. The van der Waals surface area contributed by atoms with Gasteiger partial charge in [0.2, 0.25) is 5.91 Å². The molecule has 0 aliphatic carbocycles. The topological polar surface area (TPSA) is 29.1 Å². The molecule has 0 radical (unpaired) electrons. The highest BCUT2D eigenvalue weighted by Gasteiger charge is 2.12. The second-order valence-corrected chi connectivity index (χ2v) is 5.14. The lowest BCUT2D eigenvalue weighted by Crippen LogP contribution is -2.25. The monoisotopic (exact) mass is 247 g/mol. The maximum Gasteiger partial charge on any atom is 0.220 e. The van der Waals surface area contributed by atoms with Gasteiger partial charge in [-0.3, -0.25) is 4.79 Å². The van der Waals surface area contributed by atoms with E-state index in [0.717, 1.165) is 6.42 Å². The molecule has 1 amide bonds. The predicted octanol–water partition coefficient (Wildman–Crippen LogP) is 3.88. The van der Waals surface area contributed by atoms with Crippen molar-refractivity contribution in [2.75, 3.05) is 0 Å². The minimum absolute atomic E-state index is 0.0881. The Morgan fingerprint density at radius 3 is 2.94 bits per heavy atom. The molecule has 2 nitrogen and oxygen atoms in total. The van der Waals surface area contributed by atoms with Gasteiger partial charge < -0.3 is 5.32 Å². The largest absolute Gasteiger partial charge is 0.350 e. The van der Waals surface area contributed by atoms with E-state index in [1.54, 1.807) is 11.3 Å². The summed E-state index contributed by atoms with van der Waals surface area (Å²) in [6.45, 7) is 4.06. The van der Waals surface area contributed by atoms with Crippen molar-refractivity contribution in [3.05, 3.63) is 35.2 Å². The van der Waals surface area contributed by atoms with Crippen LogP contribution in [-0.4, -0.2) is 5.91 Å². The van der Waals surface area contributed by atoms with Gasteiger partial charge in [-0.05, 0) is 35.7 Å². The predicted molar refractivity (Wildman–Crippen MR) is 73.3 cm³/mol. The van der Waals surface area contributed by atoms with Crippen LogP contribution < -0.4 is 5.32 Å². The Hall–Kier alpha value is -1.35. The number of benzene rings is 1. The summed E-state index contributed by atoms with van der Waals surface area (Å²) in [6, 6.07) is 8.40. The van der Waals surface area contributed by atoms with Gasteiger partial charge in [0.1, 0.15) is 0 Å². The van der Waals surface area contributed by atoms with E-state index >= 15 is 0 Å². The van der Waals surface area contributed by atoms with E-state index in [-0.39, 0.29) is 11.9 Å². The first-order valence-electron chi connectivity index (χ1n) is 5.98. The van der Waals surface area contributed by atoms with E-state index in [2.05, 4.69) is 22.8 Å². The minimum Gasteiger partial charge on any atom is -0.350 e. The number of rotatable bonds is 4. The molecule has 1 atom stereocenters. The Balaban J connectivity index is 2.19. The van der Waals surface area contributed by atoms with Crippen molar-refractivity contribution in [3.63, 3.8) is 0 Å². The summed E-state index contributed by atoms with van der Waals surface area (Å²) in [5.41, 5.74) is 1.22. The van der Waals surface area contributed by atoms with Crippen LogP contribution in [0.5, 0.6) is 0 Å². The number of hydrogen-bond acceptors (Lipinski definition) is 2. The summed E-state index contributed by atoms with van der Waals surface area (Å²) in [4.78, 5) is 11.6. The Labute approximate surface area is 106 Å². The second-order valence-electron chi connectivity index (χ2n) is 4.23. The van der Waals surface area contributed by atoms with Crippen molar-refractivity contribution in [2.24, 2.45) is 0 Å². The highest BCUT2D eigenvalue weighted by Crippen LogP contribution is 2.29. The summed E-state index contributed by atoms with van der Waals surface area (Å²) in [5, 5.41) is 6.44. The number of amides is 1. The third-order valence-corrected chi connectivity index (χ3v) is 3.81. The van der Waals surface area contributed by atoms with Crippen molar-refractivity contribution >= 4 is 27.3 Å². The molecule has 3 heteroatoms. The number of hydrogen-bond donors (Lipinski definition) is 1. The fraction of sp³-hybridized carbons (Fsp3) is 0.357. The molecule has 2 aromatic rings. The van der Waals surface area contributed by atoms with E-state index in [9.17, 15) is 4.79 Å². The number of carbonyl (C=O) groups excluding carboxylic acids is 1. The summed E-state index contributed by atoms with van der Waals surface area (Å²) >= 11 is 1.73. The molecule has 0 aliphatic heterocycles. The van der Waals surface area contributed by atoms with Crippen molar-refractivity contribution in [1.82, 2.24) is 5.32 Å². The molecule has 1 heterocycles. The van der Waals surface area contributed by atoms with Crippen molar-refractivity contribution in [3.8, 4) is 0 Å². The first-order chi connectivity index (χ1) is 8.22. The first kappa shape index (κ1) is 12.1. The molecule has 2 rings (SSSR count). The maximum atomic E-state index is 11.6. The van der Waals surface area contributed by atoms with Crippen LogP contribution in [0.1, 0.15) is 38.3 Å². The van der Waals surface area contributed by atoms with Gasteiger partial charge in [-0.15, -0.1) is 11.3 Å². The molecule has 0 spiro atoms. The van der Waals surface area contributed by atoms with Gasteiger partial charge in [0, 0.05) is 11.1 Å². The first-order valence-corrected chi connectivity index (χ1v) is 6.85. The van der Waals surface area contributed by atoms with Gasteiger partial charge in [0.05, 0.1) is 6.04 Å². The van der Waals surface area contributed by atoms with E-state index in [4.69, 9.17) is 0 Å². The third-order valence-electron chi connectivity index (χ3n) is 2.83. The summed E-state index contributed by atoms with van der Waals surface area (Å²) < 4.78 is 1.28. The number of carbonyl (C=O) groups is 1. The SMILES string of the molecule is CCCC(=O)N[C@H](C)c1csc2ccccc12. The molecule has 1 N–H and O–H groups in total. The quantitative estimate of drug-likeness (QED) is 0.872. The van der Waals surface area contributed by atoms with Gasteiger partial charge in [0.25, 0.3) is 0 Å². The third kappa shape index (κ3) is 2.67. The minimum atomic E-state index is 0.0881. The molecule has 0 bridgehead atoms. The van der Waals surface area contributed by atoms with E-state index in [0.29, 0.717) is 6.42 Å². The lowest BCUT2D eigenvalue weighted by Gasteiger charge is -2.13. The number of fused-ring (bicyclic) bond motifs is 1. The number of thiophene rings is 1. The van der Waals surface area contributed by atoms with Crippen LogP contribution in [0.3, 0.4) is 0 Å². The van der Waals surface area contributed by atoms with Crippen LogP contribution in [0.25, 0.3) is 10.1 Å². The van der Waals surface area contributed by atoms with E-state index < -0.39 is 0 Å². The van der Waals surface area contributed by atoms with Gasteiger partial charge in [-0.1, -0.05) is 25.1 Å². The van der Waals surface area contributed by atoms with Crippen molar-refractivity contribution in [1.29, 1.82) is 0 Å². The molecule has 90 valence electrons. The van der Waals surface area contributed by atoms with Crippen LogP contribution >= 0.6 is 11.3 Å². The van der Waals surface area contributed by atoms with Gasteiger partial charge >= 0.3 is 0 Å².